The van der Waals surface area contributed by atoms with Crippen LogP contribution >= 0.6 is 0 Å². The van der Waals surface area contributed by atoms with Gasteiger partial charge in [0.25, 0.3) is 5.92 Å². The molecule has 6 atom stereocenters. The summed E-state index contributed by atoms with van der Waals surface area (Å²) in [6.45, 7) is 0.955. The highest BCUT2D eigenvalue weighted by molar-refractivity contribution is 5.90. The number of likely N-dealkylation sites (tertiary alicyclic amines) is 1. The molecule has 7 heteroatoms. The van der Waals surface area contributed by atoms with E-state index in [1.165, 1.54) is 0 Å². The van der Waals surface area contributed by atoms with Crippen LogP contribution in [0.1, 0.15) is 36.8 Å². The number of halogens is 2. The molecular weight excluding hydrogens is 368 g/mol. The van der Waals surface area contributed by atoms with Gasteiger partial charge in [0.15, 0.2) is 23.4 Å². The highest BCUT2D eigenvalue weighted by Crippen LogP contribution is 2.66. The second kappa shape index (κ2) is 4.70. The smallest absolute Gasteiger partial charge is 0.257 e. The van der Waals surface area contributed by atoms with Crippen LogP contribution in [0.2, 0.25) is 0 Å². The number of nitrogens with zero attached hydrogens (tertiary/aromatic N) is 1. The van der Waals surface area contributed by atoms with E-state index in [1.807, 2.05) is 13.1 Å². The van der Waals surface area contributed by atoms with Crippen LogP contribution in [0.3, 0.4) is 0 Å². The number of aliphatic hydroxyl groups is 1. The molecule has 2 heterocycles. The van der Waals surface area contributed by atoms with E-state index in [4.69, 9.17) is 4.74 Å². The summed E-state index contributed by atoms with van der Waals surface area (Å²) >= 11 is 0. The minimum absolute atomic E-state index is 0.00317. The Kier molecular flexibility index (Phi) is 2.88. The lowest BCUT2D eigenvalue weighted by atomic mass is 9.48. The van der Waals surface area contributed by atoms with Crippen molar-refractivity contribution in [1.82, 2.24) is 0 Å². The number of carbonyl (C=O) groups excluding carboxylic acids is 1. The number of ketones is 1. The maximum Gasteiger partial charge on any atom is 0.257 e. The summed E-state index contributed by atoms with van der Waals surface area (Å²) in [5.41, 5.74) is -0.327. The Bertz CT molecular complexity index is 935. The summed E-state index contributed by atoms with van der Waals surface area (Å²) in [5, 5.41) is 22.5. The fourth-order valence-electron chi connectivity index (χ4n) is 7.02. The van der Waals surface area contributed by atoms with Gasteiger partial charge in [0, 0.05) is 31.2 Å². The summed E-state index contributed by atoms with van der Waals surface area (Å²) in [4.78, 5) is 12.8. The van der Waals surface area contributed by atoms with Crippen LogP contribution in [0.4, 0.5) is 8.78 Å². The number of aromatic hydroxyl groups is 1. The zero-order chi connectivity index (χ0) is 19.7. The molecule has 5 nitrogen and oxygen atoms in total. The van der Waals surface area contributed by atoms with E-state index in [1.54, 1.807) is 6.07 Å². The third-order valence-electron chi connectivity index (χ3n) is 8.50. The predicted molar refractivity (Wildman–Crippen MR) is 94.5 cm³/mol. The van der Waals surface area contributed by atoms with E-state index >= 15 is 0 Å². The molecule has 6 rings (SSSR count). The molecule has 0 amide bonds. The number of quaternary nitrogens is 1. The number of phenols is 1. The van der Waals surface area contributed by atoms with Crippen molar-refractivity contribution in [2.75, 3.05) is 20.1 Å². The number of ether oxygens (including phenoxy) is 1. The van der Waals surface area contributed by atoms with Crippen LogP contribution in [0.25, 0.3) is 0 Å². The zero-order valence-electron chi connectivity index (χ0n) is 15.8. The van der Waals surface area contributed by atoms with Gasteiger partial charge in [-0.1, -0.05) is 6.07 Å². The van der Waals surface area contributed by atoms with Gasteiger partial charge in [0.05, 0.1) is 31.5 Å². The number of likely N-dealkylation sites (N-methyl/N-ethyl adjacent to an activating group) is 1. The number of benzene rings is 1. The van der Waals surface area contributed by atoms with E-state index in [2.05, 4.69) is 0 Å². The van der Waals surface area contributed by atoms with E-state index in [9.17, 15) is 23.8 Å². The number of piperidine rings is 1. The first-order valence-corrected chi connectivity index (χ1v) is 10.1. The number of rotatable bonds is 2. The Balaban J connectivity index is 1.54. The van der Waals surface area contributed by atoms with Gasteiger partial charge in [-0.2, -0.15) is 0 Å². The number of hydrogen-bond acceptors (Lipinski definition) is 4. The fourth-order valence-corrected chi connectivity index (χ4v) is 7.02. The third kappa shape index (κ3) is 1.73. The molecular formula is C21H24F2NO4+. The second-order valence-electron chi connectivity index (χ2n) is 9.83. The summed E-state index contributed by atoms with van der Waals surface area (Å²) in [6, 6.07) is 3.15. The molecule has 1 spiro atoms. The molecule has 2 aliphatic heterocycles. The third-order valence-corrected chi connectivity index (χ3v) is 8.50. The Morgan fingerprint density at radius 3 is 2.79 bits per heavy atom. The number of carbonyl (C=O) groups is 1. The van der Waals surface area contributed by atoms with Crippen LogP contribution in [0, 0.1) is 5.92 Å². The maximum absolute atomic E-state index is 13.7. The quantitative estimate of drug-likeness (QED) is 0.755. The summed E-state index contributed by atoms with van der Waals surface area (Å²) in [5.74, 6) is -2.94. The van der Waals surface area contributed by atoms with Gasteiger partial charge >= 0.3 is 0 Å². The van der Waals surface area contributed by atoms with Crippen molar-refractivity contribution >= 4 is 5.78 Å². The molecule has 2 N–H and O–H groups in total. The molecule has 3 aliphatic carbocycles. The molecule has 0 radical (unpaired) electrons. The molecule has 2 saturated carbocycles. The van der Waals surface area contributed by atoms with E-state index in [0.29, 0.717) is 42.6 Å². The lowest BCUT2D eigenvalue weighted by molar-refractivity contribution is -0.951. The number of alkyl halides is 2. The van der Waals surface area contributed by atoms with Gasteiger partial charge < -0.3 is 19.4 Å². The van der Waals surface area contributed by atoms with Crippen molar-refractivity contribution in [3.05, 3.63) is 23.3 Å². The minimum Gasteiger partial charge on any atom is -0.504 e. The van der Waals surface area contributed by atoms with Gasteiger partial charge in [-0.05, 0) is 18.1 Å². The van der Waals surface area contributed by atoms with Crippen LogP contribution in [-0.2, 0) is 16.6 Å². The highest BCUT2D eigenvalue weighted by atomic mass is 19.3. The molecule has 150 valence electrons. The monoisotopic (exact) mass is 392 g/mol. The molecule has 3 fully saturated rings. The Morgan fingerprint density at radius 1 is 1.32 bits per heavy atom. The lowest BCUT2D eigenvalue weighted by Gasteiger charge is -2.64. The van der Waals surface area contributed by atoms with Crippen molar-refractivity contribution in [3.63, 3.8) is 0 Å². The van der Waals surface area contributed by atoms with Crippen molar-refractivity contribution in [2.24, 2.45) is 5.92 Å². The van der Waals surface area contributed by atoms with Crippen molar-refractivity contribution < 1.29 is 33.0 Å². The van der Waals surface area contributed by atoms with Crippen LogP contribution in [-0.4, -0.2) is 64.3 Å². The molecule has 2 bridgehead atoms. The largest absolute Gasteiger partial charge is 0.504 e. The predicted octanol–water partition coefficient (Wildman–Crippen LogP) is 1.92. The number of hydrogen-bond donors (Lipinski definition) is 2. The van der Waals surface area contributed by atoms with Crippen molar-refractivity contribution in [3.8, 4) is 11.5 Å². The normalized spacial score (nSPS) is 46.7. The van der Waals surface area contributed by atoms with Crippen molar-refractivity contribution in [2.45, 2.75) is 61.2 Å². The molecule has 0 aromatic heterocycles. The van der Waals surface area contributed by atoms with Gasteiger partial charge in [-0.15, -0.1) is 0 Å². The van der Waals surface area contributed by atoms with Gasteiger partial charge in [0.1, 0.15) is 11.6 Å². The average molecular weight is 392 g/mol. The first-order chi connectivity index (χ1) is 13.1. The summed E-state index contributed by atoms with van der Waals surface area (Å²) in [6.07, 6.45) is 0.695. The van der Waals surface area contributed by atoms with E-state index < -0.39 is 29.0 Å². The summed E-state index contributed by atoms with van der Waals surface area (Å²) in [7, 11) is 1.98. The van der Waals surface area contributed by atoms with Gasteiger partial charge in [-0.25, -0.2) is 8.78 Å². The van der Waals surface area contributed by atoms with E-state index in [0.717, 1.165) is 11.1 Å². The Hall–Kier alpha value is -1.73. The standard InChI is InChI=1S/C21H23F2NO4/c1-24(10-12-9-21(12,22)23)7-6-19-16-11-2-3-13(25)17(16)28-18(19)14(26)4-5-20(19,27)15(24)8-11/h2-3,12,15,18,27H,4-10H2,1H3/p+1/t12?,15-,18+,19+,20?,24?/m1/s1. The summed E-state index contributed by atoms with van der Waals surface area (Å²) < 4.78 is 33.8. The second-order valence-corrected chi connectivity index (χ2v) is 9.83. The molecule has 1 aromatic carbocycles. The molecule has 1 aromatic rings. The maximum atomic E-state index is 13.7. The minimum atomic E-state index is -2.59. The fraction of sp³-hybridized carbons (Fsp3) is 0.667. The lowest BCUT2D eigenvalue weighted by Crippen LogP contribution is -2.80. The topological polar surface area (TPSA) is 66.8 Å². The molecule has 28 heavy (non-hydrogen) atoms. The Labute approximate surface area is 161 Å². The Morgan fingerprint density at radius 2 is 2.07 bits per heavy atom. The average Bonchev–Trinajstić information content (AvgIpc) is 3.05. The molecule has 5 aliphatic rings. The first kappa shape index (κ1) is 17.2. The number of phenolic OH excluding ortho intramolecular Hbond substituents is 1. The van der Waals surface area contributed by atoms with Crippen LogP contribution in [0.5, 0.6) is 11.5 Å². The zero-order valence-corrected chi connectivity index (χ0v) is 15.8. The van der Waals surface area contributed by atoms with Crippen LogP contribution < -0.4 is 4.74 Å². The number of Topliss-reactive ketones (excluding diaryl/α,β-unsaturated/α-hetero) is 1. The van der Waals surface area contributed by atoms with Crippen molar-refractivity contribution in [1.29, 1.82) is 0 Å². The molecule has 1 saturated heterocycles. The van der Waals surface area contributed by atoms with Gasteiger partial charge in [0.2, 0.25) is 0 Å². The first-order valence-electron chi connectivity index (χ1n) is 10.1. The van der Waals surface area contributed by atoms with E-state index in [-0.39, 0.29) is 30.4 Å². The van der Waals surface area contributed by atoms with Crippen LogP contribution in [0.15, 0.2) is 12.1 Å². The molecule has 3 unspecified atom stereocenters. The highest BCUT2D eigenvalue weighted by Gasteiger charge is 2.77. The van der Waals surface area contributed by atoms with Gasteiger partial charge in [-0.3, -0.25) is 4.79 Å². The SMILES string of the molecule is C[N+]1(CC2CC2(F)F)CC[C@]23c4c5ccc(O)c4O[C@H]2C(=O)CCC3(O)[C@H]1C5.